The van der Waals surface area contributed by atoms with Gasteiger partial charge in [0.25, 0.3) is 0 Å². The van der Waals surface area contributed by atoms with Crippen LogP contribution < -0.4 is 10.1 Å². The Balaban J connectivity index is 1.72. The van der Waals surface area contributed by atoms with Gasteiger partial charge >= 0.3 is 5.97 Å². The van der Waals surface area contributed by atoms with Crippen LogP contribution in [-0.4, -0.2) is 23.7 Å². The van der Waals surface area contributed by atoms with Crippen molar-refractivity contribution in [2.45, 2.75) is 38.8 Å². The van der Waals surface area contributed by atoms with Gasteiger partial charge in [0.05, 0.1) is 6.10 Å². The molecule has 0 heterocycles. The van der Waals surface area contributed by atoms with E-state index in [0.29, 0.717) is 18.3 Å². The van der Waals surface area contributed by atoms with Gasteiger partial charge in [0.2, 0.25) is 0 Å². The monoisotopic (exact) mass is 327 g/mol. The van der Waals surface area contributed by atoms with Gasteiger partial charge in [-0.25, -0.2) is 0 Å². The smallest absolute Gasteiger partial charge is 0.308 e. The summed E-state index contributed by atoms with van der Waals surface area (Å²) in [6.45, 7) is 4.05. The highest BCUT2D eigenvalue weighted by molar-refractivity contribution is 5.69. The molecule has 4 nitrogen and oxygen atoms in total. The first-order valence-corrected chi connectivity index (χ1v) is 8.28. The molecule has 0 fully saturated rings. The van der Waals surface area contributed by atoms with Crippen molar-refractivity contribution in [3.63, 3.8) is 0 Å². The van der Waals surface area contributed by atoms with Gasteiger partial charge in [-0.05, 0) is 43.0 Å². The van der Waals surface area contributed by atoms with E-state index in [4.69, 9.17) is 4.74 Å². The molecule has 0 bridgehead atoms. The molecule has 2 N–H and O–H groups in total. The lowest BCUT2D eigenvalue weighted by molar-refractivity contribution is -0.131. The van der Waals surface area contributed by atoms with Gasteiger partial charge in [-0.2, -0.15) is 0 Å². The Kier molecular flexibility index (Phi) is 6.97. The van der Waals surface area contributed by atoms with Gasteiger partial charge < -0.3 is 15.2 Å². The van der Waals surface area contributed by atoms with Crippen molar-refractivity contribution >= 4 is 5.97 Å². The van der Waals surface area contributed by atoms with Gasteiger partial charge in [0.15, 0.2) is 0 Å². The molecule has 0 amide bonds. The van der Waals surface area contributed by atoms with E-state index < -0.39 is 6.10 Å². The minimum atomic E-state index is -0.489. The van der Waals surface area contributed by atoms with Crippen molar-refractivity contribution in [1.29, 1.82) is 0 Å². The van der Waals surface area contributed by atoms with Crippen LogP contribution in [0.5, 0.6) is 5.75 Å². The van der Waals surface area contributed by atoms with Crippen LogP contribution in [-0.2, 0) is 11.2 Å². The van der Waals surface area contributed by atoms with E-state index in [0.717, 1.165) is 18.4 Å². The van der Waals surface area contributed by atoms with Crippen LogP contribution in [0, 0.1) is 0 Å². The number of aliphatic hydroxyl groups is 1. The molecule has 0 saturated carbocycles. The second-order valence-corrected chi connectivity index (χ2v) is 6.01. The Morgan fingerprint density at radius 3 is 2.42 bits per heavy atom. The Hall–Kier alpha value is -2.17. The van der Waals surface area contributed by atoms with Gasteiger partial charge in [-0.1, -0.05) is 42.5 Å². The number of benzene rings is 2. The van der Waals surface area contributed by atoms with Gasteiger partial charge in [-0.15, -0.1) is 0 Å². The minimum absolute atomic E-state index is 0.302. The second-order valence-electron chi connectivity index (χ2n) is 6.01. The first-order valence-electron chi connectivity index (χ1n) is 8.28. The summed E-state index contributed by atoms with van der Waals surface area (Å²) in [7, 11) is 0. The maximum atomic E-state index is 10.9. The lowest BCUT2D eigenvalue weighted by Gasteiger charge is -2.17. The number of nitrogens with one attached hydrogen (secondary N) is 1. The summed E-state index contributed by atoms with van der Waals surface area (Å²) in [5.41, 5.74) is 2.13. The van der Waals surface area contributed by atoms with Gasteiger partial charge in [0, 0.05) is 19.5 Å². The Morgan fingerprint density at radius 1 is 1.12 bits per heavy atom. The molecule has 2 aromatic carbocycles. The largest absolute Gasteiger partial charge is 0.427 e. The maximum absolute atomic E-state index is 10.9. The first kappa shape index (κ1) is 18.2. The van der Waals surface area contributed by atoms with E-state index in [1.165, 1.54) is 12.5 Å². The Labute approximate surface area is 143 Å². The van der Waals surface area contributed by atoms with Crippen LogP contribution in [0.1, 0.15) is 37.5 Å². The SMILES string of the molecule is CC(=O)Oc1ccc(CC[C@H](C)NC[C@H](O)c2ccccc2)cc1. The predicted molar refractivity (Wildman–Crippen MR) is 94.9 cm³/mol. The van der Waals surface area contributed by atoms with E-state index in [2.05, 4.69) is 12.2 Å². The Morgan fingerprint density at radius 2 is 1.79 bits per heavy atom. The van der Waals surface area contributed by atoms with Crippen LogP contribution in [0.15, 0.2) is 54.6 Å². The van der Waals surface area contributed by atoms with Crippen molar-refractivity contribution in [1.82, 2.24) is 5.32 Å². The standard InChI is InChI=1S/C20H25NO3/c1-15(21-14-20(23)18-6-4-3-5-7-18)8-9-17-10-12-19(13-11-17)24-16(2)22/h3-7,10-13,15,20-21,23H,8-9,14H2,1-2H3/t15-,20-/m0/s1. The third kappa shape index (κ3) is 6.14. The summed E-state index contributed by atoms with van der Waals surface area (Å²) in [5, 5.41) is 13.5. The third-order valence-electron chi connectivity index (χ3n) is 3.89. The molecule has 0 spiro atoms. The molecular formula is C20H25NO3. The van der Waals surface area contributed by atoms with Crippen LogP contribution in [0.4, 0.5) is 0 Å². The molecule has 2 atom stereocenters. The Bertz CT molecular complexity index is 625. The number of carbonyl (C=O) groups excluding carboxylic acids is 1. The van der Waals surface area contributed by atoms with E-state index in [1.807, 2.05) is 54.6 Å². The summed E-state index contributed by atoms with van der Waals surface area (Å²) in [6, 6.07) is 17.6. The fourth-order valence-corrected chi connectivity index (χ4v) is 2.48. The zero-order chi connectivity index (χ0) is 17.4. The number of hydrogen-bond donors (Lipinski definition) is 2. The van der Waals surface area contributed by atoms with Crippen molar-refractivity contribution in [3.8, 4) is 5.75 Å². The number of esters is 1. The first-order chi connectivity index (χ1) is 11.5. The predicted octanol–water partition coefficient (Wildman–Crippen LogP) is 3.26. The fraction of sp³-hybridized carbons (Fsp3) is 0.350. The van der Waals surface area contributed by atoms with E-state index >= 15 is 0 Å². The number of ether oxygens (including phenoxy) is 1. The van der Waals surface area contributed by atoms with Crippen LogP contribution >= 0.6 is 0 Å². The highest BCUT2D eigenvalue weighted by atomic mass is 16.5. The quantitative estimate of drug-likeness (QED) is 0.577. The van der Waals surface area contributed by atoms with Gasteiger partial charge in [-0.3, -0.25) is 4.79 Å². The molecular weight excluding hydrogens is 302 g/mol. The molecule has 0 aromatic heterocycles. The molecule has 0 radical (unpaired) electrons. The molecule has 4 heteroatoms. The number of hydrogen-bond acceptors (Lipinski definition) is 4. The minimum Gasteiger partial charge on any atom is -0.427 e. The number of aryl methyl sites for hydroxylation is 1. The van der Waals surface area contributed by atoms with Crippen molar-refractivity contribution < 1.29 is 14.6 Å². The molecule has 2 rings (SSSR count). The normalized spacial score (nSPS) is 13.3. The summed E-state index contributed by atoms with van der Waals surface area (Å²) in [6.07, 6.45) is 1.40. The molecule has 128 valence electrons. The summed E-state index contributed by atoms with van der Waals surface area (Å²) >= 11 is 0. The van der Waals surface area contributed by atoms with Crippen molar-refractivity contribution in [2.75, 3.05) is 6.54 Å². The topological polar surface area (TPSA) is 58.6 Å². The van der Waals surface area contributed by atoms with Crippen molar-refractivity contribution in [2.24, 2.45) is 0 Å². The van der Waals surface area contributed by atoms with Crippen LogP contribution in [0.3, 0.4) is 0 Å². The second kappa shape index (κ2) is 9.21. The van der Waals surface area contributed by atoms with E-state index in [-0.39, 0.29) is 5.97 Å². The maximum Gasteiger partial charge on any atom is 0.308 e. The average Bonchev–Trinajstić information content (AvgIpc) is 2.59. The molecule has 2 aromatic rings. The highest BCUT2D eigenvalue weighted by Crippen LogP contribution is 2.15. The third-order valence-corrected chi connectivity index (χ3v) is 3.89. The molecule has 0 unspecified atom stereocenters. The average molecular weight is 327 g/mol. The highest BCUT2D eigenvalue weighted by Gasteiger charge is 2.09. The molecule has 0 aliphatic heterocycles. The summed E-state index contributed by atoms with van der Waals surface area (Å²) in [4.78, 5) is 10.9. The molecule has 0 aliphatic rings. The number of aliphatic hydroxyl groups excluding tert-OH is 1. The fourth-order valence-electron chi connectivity index (χ4n) is 2.48. The number of carbonyl (C=O) groups is 1. The van der Waals surface area contributed by atoms with Crippen LogP contribution in [0.25, 0.3) is 0 Å². The van der Waals surface area contributed by atoms with Crippen molar-refractivity contribution in [3.05, 3.63) is 65.7 Å². The van der Waals surface area contributed by atoms with Crippen LogP contribution in [0.2, 0.25) is 0 Å². The lowest BCUT2D eigenvalue weighted by Crippen LogP contribution is -2.30. The molecule has 24 heavy (non-hydrogen) atoms. The lowest BCUT2D eigenvalue weighted by atomic mass is 10.1. The van der Waals surface area contributed by atoms with E-state index in [1.54, 1.807) is 0 Å². The summed E-state index contributed by atoms with van der Waals surface area (Å²) < 4.78 is 5.02. The van der Waals surface area contributed by atoms with Gasteiger partial charge in [0.1, 0.15) is 5.75 Å². The zero-order valence-corrected chi connectivity index (χ0v) is 14.2. The molecule has 0 aliphatic carbocycles. The molecule has 0 saturated heterocycles. The van der Waals surface area contributed by atoms with E-state index in [9.17, 15) is 9.90 Å². The summed E-state index contributed by atoms with van der Waals surface area (Å²) in [5.74, 6) is 0.265. The zero-order valence-electron chi connectivity index (χ0n) is 14.2. The number of rotatable bonds is 8.